The van der Waals surface area contributed by atoms with Crippen molar-refractivity contribution in [2.75, 3.05) is 59.7 Å². The Bertz CT molecular complexity index is 1360. The fourth-order valence-corrected chi connectivity index (χ4v) is 12.7. The quantitative estimate of drug-likeness (QED) is 0.0379. The highest BCUT2D eigenvalue weighted by molar-refractivity contribution is 7.47. The van der Waals surface area contributed by atoms with Crippen molar-refractivity contribution >= 4 is 28.8 Å². The second-order valence-electron chi connectivity index (χ2n) is 18.7. The van der Waals surface area contributed by atoms with Gasteiger partial charge in [-0.05, 0) is 145 Å². The molecule has 358 valence electrons. The maximum absolute atomic E-state index is 12.9. The van der Waals surface area contributed by atoms with E-state index < -0.39 is 17.0 Å². The molecule has 1 heterocycles. The maximum atomic E-state index is 12.9. The van der Waals surface area contributed by atoms with Gasteiger partial charge in [-0.25, -0.2) is 27.2 Å². The van der Waals surface area contributed by atoms with Gasteiger partial charge >= 0.3 is 0 Å². The van der Waals surface area contributed by atoms with Crippen molar-refractivity contribution < 1.29 is 29.6 Å². The third-order valence-corrected chi connectivity index (χ3v) is 16.6. The Hall–Kier alpha value is -1.76. The van der Waals surface area contributed by atoms with E-state index in [1.165, 1.54) is 13.5 Å². The van der Waals surface area contributed by atoms with E-state index in [1.54, 1.807) is 0 Å². The molecule has 62 heavy (non-hydrogen) atoms. The SMILES string of the molecule is [3H]CC1(COP(OCC[N+]#[C-])N(C(C)C)C(C)C)CCN(C(=O)CCCCCNC(=O)CC2CC3C=CC2C3)CC1.[3H]OC.[C-]#[N+]CCOP(N(C(C)C)C(C)C)N(C(C)C)C(C)C. The van der Waals surface area contributed by atoms with E-state index in [-0.39, 0.29) is 36.2 Å². The van der Waals surface area contributed by atoms with Gasteiger partial charge in [0.2, 0.25) is 26.3 Å². The lowest BCUT2D eigenvalue weighted by molar-refractivity contribution is -0.134. The van der Waals surface area contributed by atoms with Crippen molar-refractivity contribution in [3.8, 4) is 0 Å². The van der Waals surface area contributed by atoms with Gasteiger partial charge in [0.25, 0.3) is 8.53 Å². The zero-order valence-electron chi connectivity index (χ0n) is 43.1. The minimum Gasteiger partial charge on any atom is -0.400 e. The first-order valence-electron chi connectivity index (χ1n) is 24.5. The number of nitrogens with one attached hydrogen (secondary N) is 1. The number of aliphatic hydroxyl groups excluding tert-OH is 1. The van der Waals surface area contributed by atoms with Gasteiger partial charge in [-0.1, -0.05) is 25.5 Å². The number of allylic oxidation sites excluding steroid dienone is 2. The summed E-state index contributed by atoms with van der Waals surface area (Å²) in [4.78, 5) is 33.9. The number of nitrogens with zero attached hydrogens (tertiary/aromatic N) is 6. The predicted octanol–water partition coefficient (Wildman–Crippen LogP) is 10.2. The van der Waals surface area contributed by atoms with E-state index in [9.17, 15) is 9.59 Å². The molecule has 2 bridgehead atoms. The fourth-order valence-electron chi connectivity index (χ4n) is 8.68. The highest BCUT2D eigenvalue weighted by Gasteiger charge is 2.38. The van der Waals surface area contributed by atoms with E-state index in [4.69, 9.17) is 29.5 Å². The second-order valence-corrected chi connectivity index (χ2v) is 21.8. The monoisotopic (exact) mass is 914 g/mol. The molecule has 3 rings (SSSR count). The molecule has 0 aromatic rings. The minimum absolute atomic E-state index is 0.172. The molecule has 1 aliphatic heterocycles. The standard InChI is InChI=1S/C31H53N4O4P.C15H32N3OP.CH4O/c1-24(2)35(25(3)4)40(38-19-16-32-6)39-23-31(5)13-17-34(18-14-31)30(37)10-8-7-9-15-33-29(36)22-28-21-26-11-12-27(28)20-26;1-12(2)17(13(3)4)20(19-11-10-16-9)18(14(5)6)15(7)8;1-2/h11-12,24-28H,7-10,13-23H2,1-5H3,(H,33,36);12-15H,10-11H2,1-8H3;2H,1H3/i5T;;2T. The molecule has 1 saturated carbocycles. The minimum atomic E-state index is -1.33. The van der Waals surface area contributed by atoms with Gasteiger partial charge in [-0.2, -0.15) is 0 Å². The van der Waals surface area contributed by atoms with Gasteiger partial charge in [0, 0.05) is 77.2 Å². The lowest BCUT2D eigenvalue weighted by atomic mass is 9.81. The zero-order chi connectivity index (χ0) is 48.4. The van der Waals surface area contributed by atoms with E-state index >= 15 is 0 Å². The van der Waals surface area contributed by atoms with Crippen molar-refractivity contribution in [1.29, 1.82) is 1.43 Å². The lowest BCUT2D eigenvalue weighted by Crippen LogP contribution is -2.44. The van der Waals surface area contributed by atoms with E-state index in [0.29, 0.717) is 107 Å². The molecule has 2 amide bonds. The Morgan fingerprint density at radius 2 is 1.35 bits per heavy atom. The molecule has 15 heteroatoms. The zero-order valence-corrected chi connectivity index (χ0v) is 42.9. The van der Waals surface area contributed by atoms with Crippen molar-refractivity contribution in [2.24, 2.45) is 23.2 Å². The van der Waals surface area contributed by atoms with Crippen molar-refractivity contribution in [3.63, 3.8) is 0 Å². The first-order chi connectivity index (χ1) is 30.3. The van der Waals surface area contributed by atoms with Crippen LogP contribution < -0.4 is 5.32 Å². The van der Waals surface area contributed by atoms with E-state index in [2.05, 4.69) is 129 Å². The Balaban J connectivity index is 0.000000747. The highest BCUT2D eigenvalue weighted by atomic mass is 31.2. The van der Waals surface area contributed by atoms with Crippen LogP contribution in [0.2, 0.25) is 0 Å². The molecule has 2 fully saturated rings. The summed E-state index contributed by atoms with van der Waals surface area (Å²) in [5.74, 6) is 2.19. The molecular weight excluding hydrogens is 821 g/mol. The molecule has 3 aliphatic rings. The van der Waals surface area contributed by atoms with Gasteiger partial charge in [0.15, 0.2) is 8.45 Å². The van der Waals surface area contributed by atoms with Crippen LogP contribution >= 0.6 is 17.0 Å². The molecule has 1 saturated heterocycles. The van der Waals surface area contributed by atoms with Crippen LogP contribution in [0.4, 0.5) is 0 Å². The smallest absolute Gasteiger partial charge is 0.259 e. The van der Waals surface area contributed by atoms with Crippen LogP contribution in [0.15, 0.2) is 12.2 Å². The largest absolute Gasteiger partial charge is 0.400 e. The number of piperidine rings is 1. The maximum Gasteiger partial charge on any atom is 0.259 e. The summed E-state index contributed by atoms with van der Waals surface area (Å²) in [5, 5.41) is 6.58. The summed E-state index contributed by atoms with van der Waals surface area (Å²) >= 11 is 0. The molecule has 4 atom stereocenters. The van der Waals surface area contributed by atoms with Gasteiger partial charge < -0.3 is 38.6 Å². The van der Waals surface area contributed by atoms with Gasteiger partial charge in [-0.15, -0.1) is 0 Å². The van der Waals surface area contributed by atoms with Gasteiger partial charge in [-0.3, -0.25) is 9.59 Å². The van der Waals surface area contributed by atoms with Crippen LogP contribution in [0.5, 0.6) is 0 Å². The first-order valence-corrected chi connectivity index (χ1v) is 25.6. The number of carbonyl (C=O) groups is 2. The van der Waals surface area contributed by atoms with Crippen LogP contribution in [0.25, 0.3) is 9.69 Å². The predicted molar refractivity (Wildman–Crippen MR) is 258 cm³/mol. The number of aliphatic hydroxyl groups is 1. The molecule has 2 N–H and O–H groups in total. The summed E-state index contributed by atoms with van der Waals surface area (Å²) in [7, 11) is -0.868. The number of rotatable bonds is 26. The molecule has 2 aliphatic carbocycles. The Morgan fingerprint density at radius 1 is 0.823 bits per heavy atom. The molecule has 0 radical (unpaired) electrons. The van der Waals surface area contributed by atoms with Crippen LogP contribution in [0, 0.1) is 36.3 Å². The second kappa shape index (κ2) is 31.2. The molecule has 4 unspecified atom stereocenters. The normalized spacial score (nSPS) is 20.2. The van der Waals surface area contributed by atoms with Crippen LogP contribution in [-0.4, -0.2) is 133 Å². The molecule has 13 nitrogen and oxygen atoms in total. The van der Waals surface area contributed by atoms with Gasteiger partial charge in [0.05, 0.1) is 6.61 Å². The number of carbonyl (C=O) groups excluding carboxylic acids is 2. The van der Waals surface area contributed by atoms with Crippen molar-refractivity contribution in [3.05, 3.63) is 35.0 Å². The summed E-state index contributed by atoms with van der Waals surface area (Å²) in [6.07, 6.45) is 12.4. The summed E-state index contributed by atoms with van der Waals surface area (Å²) < 4.78 is 39.7. The molecule has 0 aromatic heterocycles. The fraction of sp³-hybridized carbons (Fsp3) is 0.872. The Labute approximate surface area is 384 Å². The van der Waals surface area contributed by atoms with Gasteiger partial charge in [0.1, 0.15) is 13.2 Å². The number of likely N-dealkylation sites (tertiary alicyclic amines) is 1. The molecule has 0 aromatic carbocycles. The number of hydrogen-bond donors (Lipinski definition) is 2. The first kappa shape index (κ1) is 54.6. The third kappa shape index (κ3) is 20.6. The Kier molecular flexibility index (Phi) is 27.5. The molecular formula is C47H89N7O6P2. The van der Waals surface area contributed by atoms with Crippen LogP contribution in [0.3, 0.4) is 0 Å². The third-order valence-electron chi connectivity index (χ3n) is 11.5. The van der Waals surface area contributed by atoms with Crippen molar-refractivity contribution in [2.45, 2.75) is 184 Å². The summed E-state index contributed by atoms with van der Waals surface area (Å²) in [6, 6.07) is 2.18. The topological polar surface area (TPSA) is 116 Å². The number of hydrogen-bond acceptors (Lipinski definition) is 9. The number of unbranched alkanes of at least 4 members (excludes halogenated alkanes) is 2. The highest BCUT2D eigenvalue weighted by Crippen LogP contribution is 2.51. The van der Waals surface area contributed by atoms with Crippen LogP contribution in [-0.2, 0) is 23.2 Å². The van der Waals surface area contributed by atoms with Crippen LogP contribution in [0.1, 0.15) is 149 Å². The number of fused-ring (bicyclic) bond motifs is 2. The molecule has 0 spiro atoms. The number of amides is 2. The average Bonchev–Trinajstić information content (AvgIpc) is 3.85. The van der Waals surface area contributed by atoms with E-state index in [1.807, 2.05) is 4.90 Å². The lowest BCUT2D eigenvalue weighted by Gasteiger charge is -2.45. The van der Waals surface area contributed by atoms with Crippen molar-refractivity contribution in [1.82, 2.24) is 24.2 Å². The van der Waals surface area contributed by atoms with E-state index in [0.717, 1.165) is 38.5 Å². The Morgan fingerprint density at radius 3 is 1.81 bits per heavy atom. The summed E-state index contributed by atoms with van der Waals surface area (Å²) in [5.41, 5.74) is -0.285. The average molecular weight is 914 g/mol. The summed E-state index contributed by atoms with van der Waals surface area (Å²) in [6.45, 7) is 44.5.